The summed E-state index contributed by atoms with van der Waals surface area (Å²) in [5.74, 6) is 1.47. The first kappa shape index (κ1) is 12.4. The minimum atomic E-state index is -0.0792. The Morgan fingerprint density at radius 3 is 2.35 bits per heavy atom. The third kappa shape index (κ3) is 2.63. The van der Waals surface area contributed by atoms with Gasteiger partial charge in [-0.15, -0.1) is 0 Å². The van der Waals surface area contributed by atoms with Crippen LogP contribution < -0.4 is 5.32 Å². The van der Waals surface area contributed by atoms with Crippen LogP contribution in [-0.4, -0.2) is 17.3 Å². The summed E-state index contributed by atoms with van der Waals surface area (Å²) in [7, 11) is 0. The molecule has 1 aromatic carbocycles. The van der Waals surface area contributed by atoms with Gasteiger partial charge < -0.3 is 10.4 Å². The van der Waals surface area contributed by atoms with Gasteiger partial charge in [0.25, 0.3) is 0 Å². The number of aliphatic hydroxyl groups excluding tert-OH is 1. The lowest BCUT2D eigenvalue weighted by atomic mass is 9.64. The van der Waals surface area contributed by atoms with E-state index >= 15 is 0 Å². The Hall–Kier alpha value is -1.02. The average molecular weight is 233 g/mol. The summed E-state index contributed by atoms with van der Waals surface area (Å²) in [6.45, 7) is 6.84. The van der Waals surface area contributed by atoms with Gasteiger partial charge in [0.1, 0.15) is 0 Å². The zero-order valence-electron chi connectivity index (χ0n) is 11.0. The van der Waals surface area contributed by atoms with E-state index in [9.17, 15) is 5.11 Å². The van der Waals surface area contributed by atoms with E-state index in [-0.39, 0.29) is 12.1 Å². The van der Waals surface area contributed by atoms with Crippen molar-refractivity contribution in [1.29, 1.82) is 0 Å². The number of benzene rings is 1. The van der Waals surface area contributed by atoms with E-state index in [1.54, 1.807) is 0 Å². The molecule has 1 fully saturated rings. The molecule has 0 unspecified atom stereocenters. The zero-order chi connectivity index (χ0) is 12.5. The van der Waals surface area contributed by atoms with Crippen molar-refractivity contribution in [3.05, 3.63) is 29.8 Å². The van der Waals surface area contributed by atoms with Crippen LogP contribution in [0.15, 0.2) is 24.3 Å². The van der Waals surface area contributed by atoms with Crippen LogP contribution >= 0.6 is 0 Å². The van der Waals surface area contributed by atoms with Gasteiger partial charge in [-0.2, -0.15) is 0 Å². The first-order valence-corrected chi connectivity index (χ1v) is 6.50. The summed E-state index contributed by atoms with van der Waals surface area (Å²) in [4.78, 5) is 0. The van der Waals surface area contributed by atoms with Crippen LogP contribution in [0.1, 0.15) is 32.3 Å². The summed E-state index contributed by atoms with van der Waals surface area (Å²) >= 11 is 0. The fraction of sp³-hybridized carbons (Fsp3) is 0.600. The van der Waals surface area contributed by atoms with Crippen LogP contribution in [0.25, 0.3) is 0 Å². The lowest BCUT2D eigenvalue weighted by Crippen LogP contribution is -2.54. The minimum Gasteiger partial charge on any atom is -0.394 e. The summed E-state index contributed by atoms with van der Waals surface area (Å²) in [5, 5.41) is 13.1. The number of aryl methyl sites for hydroxylation is 1. The highest BCUT2D eigenvalue weighted by molar-refractivity contribution is 5.47. The van der Waals surface area contributed by atoms with Gasteiger partial charge in [0.2, 0.25) is 0 Å². The van der Waals surface area contributed by atoms with Gasteiger partial charge in [-0.1, -0.05) is 31.5 Å². The van der Waals surface area contributed by atoms with E-state index in [0.717, 1.165) is 30.4 Å². The molecule has 1 aliphatic carbocycles. The van der Waals surface area contributed by atoms with Gasteiger partial charge in [0.05, 0.1) is 12.1 Å². The minimum absolute atomic E-state index is 0.0792. The van der Waals surface area contributed by atoms with Crippen molar-refractivity contribution >= 4 is 5.69 Å². The third-order valence-corrected chi connectivity index (χ3v) is 4.01. The molecule has 0 saturated heterocycles. The van der Waals surface area contributed by atoms with Gasteiger partial charge in [-0.05, 0) is 43.7 Å². The monoisotopic (exact) mass is 233 g/mol. The molecule has 0 spiro atoms. The number of anilines is 1. The molecule has 0 aliphatic heterocycles. The predicted octanol–water partition coefficient (Wildman–Crippen LogP) is 3.20. The molecule has 2 rings (SSSR count). The molecule has 0 heterocycles. The Balaban J connectivity index is 2.00. The van der Waals surface area contributed by atoms with E-state index in [0.29, 0.717) is 0 Å². The van der Waals surface area contributed by atoms with Crippen molar-refractivity contribution in [2.75, 3.05) is 11.9 Å². The first-order valence-electron chi connectivity index (χ1n) is 6.50. The summed E-state index contributed by atoms with van der Waals surface area (Å²) < 4.78 is 0. The van der Waals surface area contributed by atoms with E-state index in [1.807, 2.05) is 0 Å². The number of hydrogen-bond acceptors (Lipinski definition) is 2. The summed E-state index contributed by atoms with van der Waals surface area (Å²) in [5.41, 5.74) is 2.30. The fourth-order valence-electron chi connectivity index (χ4n) is 2.63. The maximum Gasteiger partial charge on any atom is 0.0661 e. The molecule has 1 aromatic rings. The Morgan fingerprint density at radius 1 is 1.29 bits per heavy atom. The Kier molecular flexibility index (Phi) is 3.43. The number of nitrogens with one attached hydrogen (secondary N) is 1. The number of hydrogen-bond donors (Lipinski definition) is 2. The van der Waals surface area contributed by atoms with Gasteiger partial charge in [0, 0.05) is 5.69 Å². The molecule has 94 valence electrons. The molecule has 1 saturated carbocycles. The number of aliphatic hydroxyl groups is 1. The van der Waals surface area contributed by atoms with E-state index < -0.39 is 0 Å². The zero-order valence-corrected chi connectivity index (χ0v) is 11.0. The molecular formula is C15H23NO. The van der Waals surface area contributed by atoms with Crippen LogP contribution in [-0.2, 0) is 0 Å². The Labute approximate surface area is 104 Å². The highest BCUT2D eigenvalue weighted by Crippen LogP contribution is 2.43. The molecule has 1 aliphatic rings. The maximum atomic E-state index is 9.59. The smallest absolute Gasteiger partial charge is 0.0661 e. The second-order valence-corrected chi connectivity index (χ2v) is 5.84. The van der Waals surface area contributed by atoms with Crippen LogP contribution in [0.5, 0.6) is 0 Å². The second-order valence-electron chi connectivity index (χ2n) is 5.84. The molecule has 2 N–H and O–H groups in total. The van der Waals surface area contributed by atoms with Crippen LogP contribution in [0.4, 0.5) is 5.69 Å². The van der Waals surface area contributed by atoms with Gasteiger partial charge in [-0.25, -0.2) is 0 Å². The molecule has 0 amide bonds. The van der Waals surface area contributed by atoms with E-state index in [2.05, 4.69) is 50.4 Å². The van der Waals surface area contributed by atoms with Crippen LogP contribution in [0.2, 0.25) is 0 Å². The molecule has 2 nitrogen and oxygen atoms in total. The normalized spacial score (nSPS) is 27.9. The molecule has 0 aromatic heterocycles. The van der Waals surface area contributed by atoms with Crippen LogP contribution in [0, 0.1) is 18.8 Å². The van der Waals surface area contributed by atoms with Crippen LogP contribution in [0.3, 0.4) is 0 Å². The van der Waals surface area contributed by atoms with E-state index in [4.69, 9.17) is 0 Å². The Morgan fingerprint density at radius 2 is 1.88 bits per heavy atom. The lowest BCUT2D eigenvalue weighted by molar-refractivity contribution is 0.0648. The Bertz CT molecular complexity index is 363. The molecule has 0 atom stereocenters. The molecule has 0 bridgehead atoms. The van der Waals surface area contributed by atoms with Gasteiger partial charge in [-0.3, -0.25) is 0 Å². The van der Waals surface area contributed by atoms with Crippen molar-refractivity contribution in [1.82, 2.24) is 0 Å². The highest BCUT2D eigenvalue weighted by atomic mass is 16.3. The van der Waals surface area contributed by atoms with Crippen molar-refractivity contribution in [2.24, 2.45) is 11.8 Å². The average Bonchev–Trinajstić information content (AvgIpc) is 2.25. The predicted molar refractivity (Wildman–Crippen MR) is 72.2 cm³/mol. The lowest BCUT2D eigenvalue weighted by Gasteiger charge is -2.49. The first-order chi connectivity index (χ1) is 8.04. The number of rotatable bonds is 4. The van der Waals surface area contributed by atoms with Crippen molar-refractivity contribution in [3.63, 3.8) is 0 Å². The summed E-state index contributed by atoms with van der Waals surface area (Å²) in [6, 6.07) is 8.39. The van der Waals surface area contributed by atoms with E-state index in [1.165, 1.54) is 5.56 Å². The van der Waals surface area contributed by atoms with Gasteiger partial charge in [0.15, 0.2) is 0 Å². The standard InChI is InChI=1S/C15H23NO/c1-11(2)13-8-15(9-13,10-17)16-14-6-4-12(3)5-7-14/h4-7,11,13,16-17H,8-10H2,1-3H3. The van der Waals surface area contributed by atoms with Crippen molar-refractivity contribution in [2.45, 2.75) is 39.2 Å². The molecular weight excluding hydrogens is 210 g/mol. The fourth-order valence-corrected chi connectivity index (χ4v) is 2.63. The summed E-state index contributed by atoms with van der Waals surface area (Å²) in [6.07, 6.45) is 2.16. The second kappa shape index (κ2) is 4.69. The van der Waals surface area contributed by atoms with Crippen molar-refractivity contribution < 1.29 is 5.11 Å². The topological polar surface area (TPSA) is 32.3 Å². The quantitative estimate of drug-likeness (QED) is 0.837. The third-order valence-electron chi connectivity index (χ3n) is 4.01. The molecule has 2 heteroatoms. The maximum absolute atomic E-state index is 9.59. The molecule has 17 heavy (non-hydrogen) atoms. The van der Waals surface area contributed by atoms with Crippen molar-refractivity contribution in [3.8, 4) is 0 Å². The SMILES string of the molecule is Cc1ccc(NC2(CO)CC(C(C)C)C2)cc1. The van der Waals surface area contributed by atoms with Gasteiger partial charge >= 0.3 is 0 Å². The molecule has 0 radical (unpaired) electrons. The highest BCUT2D eigenvalue weighted by Gasteiger charge is 2.44. The largest absolute Gasteiger partial charge is 0.394 e.